The van der Waals surface area contributed by atoms with Gasteiger partial charge in [0.15, 0.2) is 11.6 Å². The van der Waals surface area contributed by atoms with Gasteiger partial charge in [0.1, 0.15) is 5.75 Å². The van der Waals surface area contributed by atoms with Gasteiger partial charge in [0.2, 0.25) is 0 Å². The van der Waals surface area contributed by atoms with Gasteiger partial charge in [-0.1, -0.05) is 12.1 Å². The molecule has 2 nitrogen and oxygen atoms in total. The Kier molecular flexibility index (Phi) is 3.76. The van der Waals surface area contributed by atoms with Crippen LogP contribution in [-0.2, 0) is 6.42 Å². The molecule has 0 radical (unpaired) electrons. The van der Waals surface area contributed by atoms with E-state index in [1.807, 2.05) is 6.07 Å². The van der Waals surface area contributed by atoms with Crippen molar-refractivity contribution in [3.05, 3.63) is 53.6 Å². The van der Waals surface area contributed by atoms with E-state index < -0.39 is 11.6 Å². The van der Waals surface area contributed by atoms with Crippen LogP contribution in [0.3, 0.4) is 0 Å². The van der Waals surface area contributed by atoms with Gasteiger partial charge in [-0.3, -0.25) is 0 Å². The average Bonchev–Trinajstić information content (AvgIpc) is 2.42. The molecule has 0 amide bonds. The Morgan fingerprint density at radius 2 is 1.74 bits per heavy atom. The lowest BCUT2D eigenvalue weighted by molar-refractivity contribution is 0.411. The smallest absolute Gasteiger partial charge is 0.159 e. The quantitative estimate of drug-likeness (QED) is 0.841. The largest absolute Gasteiger partial charge is 0.496 e. The van der Waals surface area contributed by atoms with Crippen molar-refractivity contribution in [1.29, 1.82) is 5.26 Å². The van der Waals surface area contributed by atoms with E-state index in [0.717, 1.165) is 12.1 Å². The summed E-state index contributed by atoms with van der Waals surface area (Å²) in [6.45, 7) is 0. The van der Waals surface area contributed by atoms with Gasteiger partial charge in [0, 0.05) is 5.56 Å². The van der Waals surface area contributed by atoms with Gasteiger partial charge >= 0.3 is 0 Å². The Labute approximate surface area is 109 Å². The molecule has 0 spiro atoms. The predicted molar refractivity (Wildman–Crippen MR) is 67.7 cm³/mol. The van der Waals surface area contributed by atoms with Crippen molar-refractivity contribution in [1.82, 2.24) is 0 Å². The lowest BCUT2D eigenvalue weighted by Gasteiger charge is -2.09. The first-order chi connectivity index (χ1) is 9.15. The van der Waals surface area contributed by atoms with Gasteiger partial charge in [0.25, 0.3) is 0 Å². The second-order valence-corrected chi connectivity index (χ2v) is 3.99. The summed E-state index contributed by atoms with van der Waals surface area (Å²) in [4.78, 5) is 0. The van der Waals surface area contributed by atoms with E-state index in [0.29, 0.717) is 22.4 Å². The summed E-state index contributed by atoms with van der Waals surface area (Å²) >= 11 is 0. The lowest BCUT2D eigenvalue weighted by atomic mass is 10.0. The number of nitrogens with zero attached hydrogens (tertiary/aromatic N) is 1. The molecule has 0 saturated carbocycles. The van der Waals surface area contributed by atoms with E-state index in [9.17, 15) is 8.78 Å². The number of methoxy groups -OCH3 is 1. The van der Waals surface area contributed by atoms with Crippen LogP contribution in [0.4, 0.5) is 8.78 Å². The minimum absolute atomic E-state index is 0.195. The maximum absolute atomic E-state index is 13.2. The van der Waals surface area contributed by atoms with Crippen LogP contribution in [0.5, 0.6) is 5.75 Å². The molecule has 0 bridgehead atoms. The van der Waals surface area contributed by atoms with E-state index in [1.165, 1.54) is 13.2 Å². The van der Waals surface area contributed by atoms with Crippen molar-refractivity contribution in [2.75, 3.05) is 7.11 Å². The maximum Gasteiger partial charge on any atom is 0.159 e. The molecule has 0 aliphatic rings. The zero-order valence-corrected chi connectivity index (χ0v) is 10.3. The summed E-state index contributed by atoms with van der Waals surface area (Å²) in [5.41, 5.74) is 1.98. The van der Waals surface area contributed by atoms with E-state index >= 15 is 0 Å². The number of rotatable bonds is 3. The first-order valence-electron chi connectivity index (χ1n) is 5.65. The minimum atomic E-state index is -0.893. The SMILES string of the molecule is COc1ccc(-c2ccc(F)c(F)c2)cc1CC#N. The molecular weight excluding hydrogens is 248 g/mol. The standard InChI is InChI=1S/C15H11F2NO/c1-19-15-5-3-10(8-12(15)6-7-18)11-2-4-13(16)14(17)9-11/h2-5,8-9H,6H2,1H3. The lowest BCUT2D eigenvalue weighted by Crippen LogP contribution is -1.92. The Hall–Kier alpha value is -2.41. The average molecular weight is 259 g/mol. The molecule has 0 heterocycles. The van der Waals surface area contributed by atoms with Crippen LogP contribution < -0.4 is 4.74 Å². The highest BCUT2D eigenvalue weighted by Crippen LogP contribution is 2.27. The highest BCUT2D eigenvalue weighted by molar-refractivity contribution is 5.66. The first-order valence-corrected chi connectivity index (χ1v) is 5.65. The van der Waals surface area contributed by atoms with Crippen LogP contribution >= 0.6 is 0 Å². The third kappa shape index (κ3) is 2.71. The Morgan fingerprint density at radius 3 is 2.37 bits per heavy atom. The molecule has 0 N–H and O–H groups in total. The topological polar surface area (TPSA) is 33.0 Å². The normalized spacial score (nSPS) is 10.0. The van der Waals surface area contributed by atoms with E-state index in [4.69, 9.17) is 10.00 Å². The van der Waals surface area contributed by atoms with Crippen LogP contribution in [-0.4, -0.2) is 7.11 Å². The number of ether oxygens (including phenoxy) is 1. The highest BCUT2D eigenvalue weighted by atomic mass is 19.2. The molecule has 0 aliphatic heterocycles. The molecule has 0 atom stereocenters. The predicted octanol–water partition coefficient (Wildman–Crippen LogP) is 3.71. The first kappa shape index (κ1) is 13.0. The second-order valence-electron chi connectivity index (χ2n) is 3.99. The summed E-state index contributed by atoms with van der Waals surface area (Å²) < 4.78 is 31.2. The van der Waals surface area contributed by atoms with Crippen molar-refractivity contribution in [2.45, 2.75) is 6.42 Å². The van der Waals surface area contributed by atoms with E-state index in [2.05, 4.69) is 0 Å². The fraction of sp³-hybridized carbons (Fsp3) is 0.133. The summed E-state index contributed by atoms with van der Waals surface area (Å²) in [5, 5.41) is 8.77. The van der Waals surface area contributed by atoms with Crippen LogP contribution in [0.2, 0.25) is 0 Å². The van der Waals surface area contributed by atoms with Gasteiger partial charge < -0.3 is 4.74 Å². The minimum Gasteiger partial charge on any atom is -0.496 e. The second kappa shape index (κ2) is 5.49. The van der Waals surface area contributed by atoms with Gasteiger partial charge in [-0.2, -0.15) is 5.26 Å². The fourth-order valence-electron chi connectivity index (χ4n) is 1.86. The van der Waals surface area contributed by atoms with Crippen molar-refractivity contribution < 1.29 is 13.5 Å². The number of benzene rings is 2. The molecule has 0 saturated heterocycles. The van der Waals surface area contributed by atoms with Crippen molar-refractivity contribution in [3.8, 4) is 22.9 Å². The molecule has 19 heavy (non-hydrogen) atoms. The maximum atomic E-state index is 13.2. The molecule has 0 fully saturated rings. The van der Waals surface area contributed by atoms with Gasteiger partial charge in [-0.05, 0) is 35.4 Å². The molecule has 2 aromatic rings. The van der Waals surface area contributed by atoms with Crippen LogP contribution in [0, 0.1) is 23.0 Å². The van der Waals surface area contributed by atoms with Crippen LogP contribution in [0.1, 0.15) is 5.56 Å². The van der Waals surface area contributed by atoms with E-state index in [-0.39, 0.29) is 6.42 Å². The molecular formula is C15H11F2NO. The third-order valence-corrected chi connectivity index (χ3v) is 2.80. The zero-order valence-electron chi connectivity index (χ0n) is 10.3. The Morgan fingerprint density at radius 1 is 1.05 bits per heavy atom. The fourth-order valence-corrected chi connectivity index (χ4v) is 1.86. The van der Waals surface area contributed by atoms with Crippen LogP contribution in [0.25, 0.3) is 11.1 Å². The van der Waals surface area contributed by atoms with Crippen molar-refractivity contribution in [3.63, 3.8) is 0 Å². The van der Waals surface area contributed by atoms with Gasteiger partial charge in [0.05, 0.1) is 19.6 Å². The zero-order chi connectivity index (χ0) is 13.8. The highest BCUT2D eigenvalue weighted by Gasteiger charge is 2.08. The molecule has 0 aliphatic carbocycles. The third-order valence-electron chi connectivity index (χ3n) is 2.80. The molecule has 0 unspecified atom stereocenters. The van der Waals surface area contributed by atoms with Gasteiger partial charge in [-0.25, -0.2) is 8.78 Å². The summed E-state index contributed by atoms with van der Waals surface area (Å²) in [7, 11) is 1.52. The van der Waals surface area contributed by atoms with Gasteiger partial charge in [-0.15, -0.1) is 0 Å². The monoisotopic (exact) mass is 259 g/mol. The molecule has 0 aromatic heterocycles. The number of nitriles is 1. The number of hydrogen-bond acceptors (Lipinski definition) is 2. The Balaban J connectivity index is 2.48. The van der Waals surface area contributed by atoms with E-state index in [1.54, 1.807) is 18.2 Å². The summed E-state index contributed by atoms with van der Waals surface area (Å²) in [5.74, 6) is -1.17. The summed E-state index contributed by atoms with van der Waals surface area (Å²) in [6, 6.07) is 11.0. The molecule has 2 aromatic carbocycles. The number of halogens is 2. The molecule has 4 heteroatoms. The Bertz CT molecular complexity index is 647. The van der Waals surface area contributed by atoms with Crippen molar-refractivity contribution in [2.24, 2.45) is 0 Å². The molecule has 96 valence electrons. The number of hydrogen-bond donors (Lipinski definition) is 0. The van der Waals surface area contributed by atoms with Crippen molar-refractivity contribution >= 4 is 0 Å². The summed E-state index contributed by atoms with van der Waals surface area (Å²) in [6.07, 6.45) is 0.195. The molecule has 2 rings (SSSR count). The van der Waals surface area contributed by atoms with Crippen LogP contribution in [0.15, 0.2) is 36.4 Å².